The molecule has 0 bridgehead atoms. The molecular formula is C16H18NO. The van der Waals surface area contributed by atoms with E-state index in [4.69, 9.17) is 4.74 Å². The molecule has 0 heterocycles. The fourth-order valence-electron chi connectivity index (χ4n) is 1.65. The van der Waals surface area contributed by atoms with Gasteiger partial charge in [-0.15, -0.1) is 0 Å². The van der Waals surface area contributed by atoms with E-state index in [-0.39, 0.29) is 0 Å². The van der Waals surface area contributed by atoms with Crippen molar-refractivity contribution >= 4 is 0 Å². The van der Waals surface area contributed by atoms with Gasteiger partial charge >= 0.3 is 0 Å². The van der Waals surface area contributed by atoms with Crippen LogP contribution in [-0.2, 0) is 6.54 Å². The van der Waals surface area contributed by atoms with Gasteiger partial charge in [0.2, 0.25) is 0 Å². The molecule has 0 aromatic heterocycles. The molecule has 1 N–H and O–H groups in total. The normalized spacial score (nSPS) is 10.3. The fourth-order valence-corrected chi connectivity index (χ4v) is 1.65. The minimum Gasteiger partial charge on any atom is -0.492 e. The van der Waals surface area contributed by atoms with E-state index < -0.39 is 0 Å². The molecule has 0 atom stereocenters. The maximum atomic E-state index is 5.57. The Balaban J connectivity index is 1.63. The van der Waals surface area contributed by atoms with E-state index in [0.29, 0.717) is 6.61 Å². The topological polar surface area (TPSA) is 21.3 Å². The molecule has 0 spiro atoms. The monoisotopic (exact) mass is 240 g/mol. The van der Waals surface area contributed by atoms with Gasteiger partial charge in [0.05, 0.1) is 0 Å². The van der Waals surface area contributed by atoms with Crippen LogP contribution in [0.1, 0.15) is 11.1 Å². The second-order valence-corrected chi connectivity index (χ2v) is 4.25. The number of benzene rings is 2. The zero-order valence-electron chi connectivity index (χ0n) is 10.6. The van der Waals surface area contributed by atoms with Crippen LogP contribution in [0.25, 0.3) is 0 Å². The Bertz CT molecular complexity index is 450. The van der Waals surface area contributed by atoms with Crippen LogP contribution in [0.4, 0.5) is 0 Å². The van der Waals surface area contributed by atoms with Crippen molar-refractivity contribution in [3.63, 3.8) is 0 Å². The van der Waals surface area contributed by atoms with E-state index in [0.717, 1.165) is 18.8 Å². The first-order valence-electron chi connectivity index (χ1n) is 6.20. The lowest BCUT2D eigenvalue weighted by Crippen LogP contribution is -2.20. The number of hydrogen-bond donors (Lipinski definition) is 1. The molecule has 0 fully saturated rings. The van der Waals surface area contributed by atoms with Gasteiger partial charge in [-0.25, -0.2) is 0 Å². The molecule has 18 heavy (non-hydrogen) atoms. The molecule has 0 saturated carbocycles. The lowest BCUT2D eigenvalue weighted by Gasteiger charge is -2.07. The van der Waals surface area contributed by atoms with E-state index in [1.807, 2.05) is 24.3 Å². The molecule has 2 aromatic rings. The zero-order valence-corrected chi connectivity index (χ0v) is 10.6. The average molecular weight is 240 g/mol. The predicted molar refractivity (Wildman–Crippen MR) is 73.7 cm³/mol. The highest BCUT2D eigenvalue weighted by molar-refractivity contribution is 5.21. The second-order valence-electron chi connectivity index (χ2n) is 4.25. The van der Waals surface area contributed by atoms with Gasteiger partial charge < -0.3 is 10.1 Å². The first-order chi connectivity index (χ1) is 8.84. The summed E-state index contributed by atoms with van der Waals surface area (Å²) in [5, 5.41) is 3.36. The number of nitrogens with one attached hydrogen (secondary N) is 1. The highest BCUT2D eigenvalue weighted by Crippen LogP contribution is 2.07. The summed E-state index contributed by atoms with van der Waals surface area (Å²) in [6, 6.07) is 19.1. The van der Waals surface area contributed by atoms with E-state index >= 15 is 0 Å². The van der Waals surface area contributed by atoms with Gasteiger partial charge in [0.25, 0.3) is 0 Å². The van der Waals surface area contributed by atoms with E-state index in [1.54, 1.807) is 0 Å². The highest BCUT2D eigenvalue weighted by atomic mass is 16.5. The van der Waals surface area contributed by atoms with Crippen LogP contribution in [0.5, 0.6) is 5.75 Å². The van der Waals surface area contributed by atoms with Crippen molar-refractivity contribution in [3.05, 3.63) is 65.7 Å². The van der Waals surface area contributed by atoms with Gasteiger partial charge in [-0.05, 0) is 30.7 Å². The molecule has 2 nitrogen and oxygen atoms in total. The largest absolute Gasteiger partial charge is 0.492 e. The van der Waals surface area contributed by atoms with Crippen molar-refractivity contribution in [2.24, 2.45) is 0 Å². The molecule has 0 unspecified atom stereocenters. The van der Waals surface area contributed by atoms with Crippen molar-refractivity contribution in [1.82, 2.24) is 5.32 Å². The third-order valence-corrected chi connectivity index (χ3v) is 2.68. The Morgan fingerprint density at radius 1 is 1.17 bits per heavy atom. The molecule has 0 aliphatic heterocycles. The summed E-state index contributed by atoms with van der Waals surface area (Å²) in [6.45, 7) is 4.49. The van der Waals surface area contributed by atoms with Gasteiger partial charge in [0.15, 0.2) is 0 Å². The molecular weight excluding hydrogens is 222 g/mol. The predicted octanol–water partition coefficient (Wildman–Crippen LogP) is 2.96. The molecule has 93 valence electrons. The first-order valence-corrected chi connectivity index (χ1v) is 6.20. The van der Waals surface area contributed by atoms with Crippen LogP contribution < -0.4 is 10.1 Å². The molecule has 0 aliphatic rings. The Labute approximate surface area is 109 Å². The van der Waals surface area contributed by atoms with Crippen molar-refractivity contribution in [3.8, 4) is 5.75 Å². The van der Waals surface area contributed by atoms with Crippen LogP contribution in [0.2, 0.25) is 0 Å². The fraction of sp³-hybridized carbons (Fsp3) is 0.250. The molecule has 0 amide bonds. The minimum atomic E-state index is 0.670. The number of hydrogen-bond acceptors (Lipinski definition) is 2. The number of aryl methyl sites for hydroxylation is 1. The van der Waals surface area contributed by atoms with Crippen LogP contribution in [0.3, 0.4) is 0 Å². The zero-order chi connectivity index (χ0) is 12.6. The summed E-state index contributed by atoms with van der Waals surface area (Å²) >= 11 is 0. The second kappa shape index (κ2) is 6.82. The van der Waals surface area contributed by atoms with Gasteiger partial charge in [0, 0.05) is 13.1 Å². The molecule has 0 aliphatic carbocycles. The minimum absolute atomic E-state index is 0.670. The van der Waals surface area contributed by atoms with Crippen molar-refractivity contribution in [2.75, 3.05) is 13.2 Å². The molecule has 0 saturated heterocycles. The summed E-state index contributed by atoms with van der Waals surface area (Å²) in [7, 11) is 0. The van der Waals surface area contributed by atoms with Gasteiger partial charge in [-0.3, -0.25) is 0 Å². The smallest absolute Gasteiger partial charge is 0.119 e. The van der Waals surface area contributed by atoms with Crippen LogP contribution in [0.15, 0.2) is 48.5 Å². The van der Waals surface area contributed by atoms with Crippen LogP contribution in [-0.4, -0.2) is 13.2 Å². The summed E-state index contributed by atoms with van der Waals surface area (Å²) < 4.78 is 5.57. The standard InChI is InChI=1S/C16H18NO/c1-14-7-9-15(10-8-14)13-17-11-12-18-16-5-3-2-4-6-16/h2-3,5-10,17H,11-13H2,1H3. The summed E-state index contributed by atoms with van der Waals surface area (Å²) in [4.78, 5) is 0. The van der Waals surface area contributed by atoms with Crippen molar-refractivity contribution in [2.45, 2.75) is 13.5 Å². The highest BCUT2D eigenvalue weighted by Gasteiger charge is 1.93. The van der Waals surface area contributed by atoms with Crippen molar-refractivity contribution < 1.29 is 4.74 Å². The molecule has 2 aromatic carbocycles. The lowest BCUT2D eigenvalue weighted by atomic mass is 10.1. The maximum absolute atomic E-state index is 5.57. The van der Waals surface area contributed by atoms with E-state index in [9.17, 15) is 0 Å². The Hall–Kier alpha value is -1.80. The Morgan fingerprint density at radius 3 is 2.72 bits per heavy atom. The maximum Gasteiger partial charge on any atom is 0.119 e. The van der Waals surface area contributed by atoms with Gasteiger partial charge in [0.1, 0.15) is 12.4 Å². The number of ether oxygens (including phenoxy) is 1. The Kier molecular flexibility index (Phi) is 4.79. The molecule has 2 rings (SSSR count). The van der Waals surface area contributed by atoms with Crippen LogP contribution >= 0.6 is 0 Å². The third-order valence-electron chi connectivity index (χ3n) is 2.68. The summed E-state index contributed by atoms with van der Waals surface area (Å²) in [6.07, 6.45) is 0. The van der Waals surface area contributed by atoms with Gasteiger partial charge in [-0.1, -0.05) is 42.0 Å². The van der Waals surface area contributed by atoms with Crippen molar-refractivity contribution in [1.29, 1.82) is 0 Å². The quantitative estimate of drug-likeness (QED) is 0.784. The SMILES string of the molecule is Cc1ccc(CNCCOc2c[c]ccc2)cc1. The molecule has 2 heteroatoms. The number of rotatable bonds is 6. The Morgan fingerprint density at radius 2 is 2.00 bits per heavy atom. The summed E-state index contributed by atoms with van der Waals surface area (Å²) in [5.41, 5.74) is 2.59. The third kappa shape index (κ3) is 4.22. The van der Waals surface area contributed by atoms with E-state index in [2.05, 4.69) is 42.6 Å². The lowest BCUT2D eigenvalue weighted by molar-refractivity contribution is 0.313. The van der Waals surface area contributed by atoms with Gasteiger partial charge in [-0.2, -0.15) is 0 Å². The first kappa shape index (κ1) is 12.7. The summed E-state index contributed by atoms with van der Waals surface area (Å²) in [5.74, 6) is 0.870. The average Bonchev–Trinajstić information content (AvgIpc) is 2.42. The molecule has 1 radical (unpaired) electrons. The van der Waals surface area contributed by atoms with E-state index in [1.165, 1.54) is 11.1 Å². The van der Waals surface area contributed by atoms with Crippen LogP contribution in [0, 0.1) is 13.0 Å².